The van der Waals surface area contributed by atoms with Gasteiger partial charge in [0.05, 0.1) is 18.3 Å². The van der Waals surface area contributed by atoms with Gasteiger partial charge in [-0.15, -0.1) is 21.5 Å². The van der Waals surface area contributed by atoms with Crippen molar-refractivity contribution in [2.75, 3.05) is 11.9 Å². The lowest BCUT2D eigenvalue weighted by atomic mass is 10.1. The minimum absolute atomic E-state index is 0.199. The van der Waals surface area contributed by atoms with Gasteiger partial charge in [-0.25, -0.2) is 9.78 Å². The molecule has 0 saturated carbocycles. The number of esters is 1. The summed E-state index contributed by atoms with van der Waals surface area (Å²) in [7, 11) is 0. The predicted molar refractivity (Wildman–Crippen MR) is 141 cm³/mol. The largest absolute Gasteiger partial charge is 0.461 e. The second kappa shape index (κ2) is 11.1. The van der Waals surface area contributed by atoms with Crippen LogP contribution in [0.3, 0.4) is 0 Å². The van der Waals surface area contributed by atoms with Gasteiger partial charge in [0.1, 0.15) is 20.8 Å². The van der Waals surface area contributed by atoms with Crippen LogP contribution in [-0.4, -0.2) is 38.2 Å². The Kier molecular flexibility index (Phi) is 7.90. The summed E-state index contributed by atoms with van der Waals surface area (Å²) in [6, 6.07) is 8.96. The van der Waals surface area contributed by atoms with E-state index in [9.17, 15) is 14.4 Å². The van der Waals surface area contributed by atoms with Crippen molar-refractivity contribution in [3.63, 3.8) is 0 Å². The number of benzene rings is 1. The number of nitrogens with zero attached hydrogens (tertiary/aromatic N) is 4. The number of amides is 1. The molecule has 0 aliphatic carbocycles. The maximum Gasteiger partial charge on any atom is 0.348 e. The second-order valence-corrected chi connectivity index (χ2v) is 10.6. The van der Waals surface area contributed by atoms with Crippen molar-refractivity contribution < 1.29 is 14.3 Å². The van der Waals surface area contributed by atoms with Gasteiger partial charge >= 0.3 is 5.97 Å². The molecule has 4 aromatic rings. The Morgan fingerprint density at radius 2 is 1.89 bits per heavy atom. The van der Waals surface area contributed by atoms with Gasteiger partial charge in [0.25, 0.3) is 5.56 Å². The monoisotopic (exact) mass is 525 g/mol. The van der Waals surface area contributed by atoms with Gasteiger partial charge in [-0.1, -0.05) is 62.4 Å². The molecule has 0 fully saturated rings. The molecule has 188 valence electrons. The minimum atomic E-state index is -0.790. The van der Waals surface area contributed by atoms with E-state index in [1.165, 1.54) is 22.2 Å². The van der Waals surface area contributed by atoms with Gasteiger partial charge in [-0.3, -0.25) is 19.5 Å². The number of hydrogen-bond donors (Lipinski definition) is 1. The number of anilines is 1. The molecule has 0 aliphatic heterocycles. The first-order chi connectivity index (χ1) is 17.3. The molecule has 0 aliphatic rings. The highest BCUT2D eigenvalue weighted by molar-refractivity contribution is 7.20. The van der Waals surface area contributed by atoms with Gasteiger partial charge < -0.3 is 4.74 Å². The second-order valence-electron chi connectivity index (χ2n) is 8.58. The lowest BCUT2D eigenvalue weighted by Crippen LogP contribution is -2.33. The number of rotatable bonds is 9. The van der Waals surface area contributed by atoms with Crippen LogP contribution >= 0.6 is 22.7 Å². The van der Waals surface area contributed by atoms with E-state index in [4.69, 9.17) is 4.74 Å². The number of carbonyl (C=O) groups excluding carboxylic acids is 2. The molecule has 1 unspecified atom stereocenters. The Hall–Kier alpha value is -3.44. The Morgan fingerprint density at radius 1 is 1.14 bits per heavy atom. The molecule has 1 N–H and O–H groups in total. The highest BCUT2D eigenvalue weighted by Gasteiger charge is 2.26. The molecule has 3 aromatic heterocycles. The first-order valence-corrected chi connectivity index (χ1v) is 13.3. The van der Waals surface area contributed by atoms with Gasteiger partial charge in [-0.05, 0) is 24.5 Å². The Labute approximate surface area is 216 Å². The van der Waals surface area contributed by atoms with Gasteiger partial charge in [0.15, 0.2) is 0 Å². The van der Waals surface area contributed by atoms with Gasteiger partial charge in [0.2, 0.25) is 11.0 Å². The number of ether oxygens (including phenoxy) is 1. The number of hydrogen-bond acceptors (Lipinski definition) is 9. The topological polar surface area (TPSA) is 116 Å². The zero-order valence-electron chi connectivity index (χ0n) is 20.5. The first-order valence-electron chi connectivity index (χ1n) is 11.7. The Morgan fingerprint density at radius 3 is 2.56 bits per heavy atom. The summed E-state index contributed by atoms with van der Waals surface area (Å²) >= 11 is 2.43. The third-order valence-electron chi connectivity index (χ3n) is 5.72. The van der Waals surface area contributed by atoms with E-state index in [1.54, 1.807) is 6.92 Å². The molecular formula is C25H27N5O4S2. The van der Waals surface area contributed by atoms with E-state index >= 15 is 0 Å². The fourth-order valence-electron chi connectivity index (χ4n) is 3.74. The van der Waals surface area contributed by atoms with Crippen LogP contribution in [0.25, 0.3) is 10.2 Å². The smallest absolute Gasteiger partial charge is 0.348 e. The molecule has 1 amide bonds. The fraction of sp³-hybridized carbons (Fsp3) is 0.360. The van der Waals surface area contributed by atoms with E-state index < -0.39 is 12.0 Å². The van der Waals surface area contributed by atoms with Crippen molar-refractivity contribution in [1.29, 1.82) is 0 Å². The predicted octanol–water partition coefficient (Wildman–Crippen LogP) is 4.73. The quantitative estimate of drug-likeness (QED) is 0.314. The van der Waals surface area contributed by atoms with E-state index in [-0.39, 0.29) is 24.0 Å². The molecule has 36 heavy (non-hydrogen) atoms. The molecular weight excluding hydrogens is 498 g/mol. The van der Waals surface area contributed by atoms with Crippen LogP contribution in [0.2, 0.25) is 0 Å². The molecule has 1 aromatic carbocycles. The highest BCUT2D eigenvalue weighted by atomic mass is 32.1. The van der Waals surface area contributed by atoms with Crippen molar-refractivity contribution in [2.24, 2.45) is 0 Å². The fourth-order valence-corrected chi connectivity index (χ4v) is 5.52. The third-order valence-corrected chi connectivity index (χ3v) is 8.04. The molecule has 9 nitrogen and oxygen atoms in total. The van der Waals surface area contributed by atoms with Crippen LogP contribution in [0.1, 0.15) is 65.0 Å². The van der Waals surface area contributed by atoms with Crippen LogP contribution < -0.4 is 10.9 Å². The highest BCUT2D eigenvalue weighted by Crippen LogP contribution is 2.29. The average Bonchev–Trinajstić information content (AvgIpc) is 3.46. The number of fused-ring (bicyclic) bond motifs is 1. The molecule has 4 rings (SSSR count). The van der Waals surface area contributed by atoms with E-state index in [1.807, 2.05) is 51.1 Å². The summed E-state index contributed by atoms with van der Waals surface area (Å²) in [5, 5.41) is 12.4. The van der Waals surface area contributed by atoms with Crippen LogP contribution in [0.15, 0.2) is 41.5 Å². The lowest BCUT2D eigenvalue weighted by Gasteiger charge is -2.16. The molecule has 3 heterocycles. The maximum absolute atomic E-state index is 13.4. The van der Waals surface area contributed by atoms with E-state index in [2.05, 4.69) is 20.5 Å². The third kappa shape index (κ3) is 5.36. The Bertz CT molecular complexity index is 1440. The minimum Gasteiger partial charge on any atom is -0.461 e. The number of carbonyl (C=O) groups is 2. The van der Waals surface area contributed by atoms with Crippen molar-refractivity contribution in [2.45, 2.75) is 52.5 Å². The van der Waals surface area contributed by atoms with Crippen LogP contribution in [-0.2, 0) is 16.0 Å². The van der Waals surface area contributed by atoms with Crippen molar-refractivity contribution in [3.05, 3.63) is 68.0 Å². The summed E-state index contributed by atoms with van der Waals surface area (Å²) in [4.78, 5) is 44.3. The van der Waals surface area contributed by atoms with E-state index in [0.717, 1.165) is 21.9 Å². The van der Waals surface area contributed by atoms with Crippen LogP contribution in [0, 0.1) is 6.92 Å². The molecule has 0 bridgehead atoms. The molecule has 1 atom stereocenters. The van der Waals surface area contributed by atoms with Crippen molar-refractivity contribution in [1.82, 2.24) is 19.7 Å². The summed E-state index contributed by atoms with van der Waals surface area (Å²) < 4.78 is 6.78. The number of aryl methyl sites for hydroxylation is 1. The summed E-state index contributed by atoms with van der Waals surface area (Å²) in [5.74, 6) is -0.662. The van der Waals surface area contributed by atoms with Crippen LogP contribution in [0.5, 0.6) is 0 Å². The number of aromatic nitrogens is 4. The summed E-state index contributed by atoms with van der Waals surface area (Å²) in [6.07, 6.45) is 2.33. The standard InChI is InChI=1S/C25H27N5O4S2/c1-5-17(20(31)27-25-29-28-21(36-25)14(2)3)30-13-26-22-18(23(30)32)15(4)19(35-22)24(33)34-12-11-16-9-7-6-8-10-16/h6-10,13-14,17H,5,11-12H2,1-4H3,(H,27,29,31). The zero-order chi connectivity index (χ0) is 25.8. The van der Waals surface area contributed by atoms with Crippen LogP contribution in [0.4, 0.5) is 5.13 Å². The SMILES string of the molecule is CCC(C(=O)Nc1nnc(C(C)C)s1)n1cnc2sc(C(=O)OCCc3ccccc3)c(C)c2c1=O. The van der Waals surface area contributed by atoms with Crippen molar-refractivity contribution in [3.8, 4) is 0 Å². The van der Waals surface area contributed by atoms with E-state index in [0.29, 0.717) is 38.6 Å². The average molecular weight is 526 g/mol. The molecule has 0 radical (unpaired) electrons. The Balaban J connectivity index is 1.54. The maximum atomic E-state index is 13.4. The normalized spacial score (nSPS) is 12.1. The zero-order valence-corrected chi connectivity index (χ0v) is 22.1. The number of nitrogens with one attached hydrogen (secondary N) is 1. The molecule has 0 saturated heterocycles. The molecule has 0 spiro atoms. The molecule has 11 heteroatoms. The van der Waals surface area contributed by atoms with Gasteiger partial charge in [0, 0.05) is 12.3 Å². The number of thiophene rings is 1. The van der Waals surface area contributed by atoms with Gasteiger partial charge in [-0.2, -0.15) is 0 Å². The summed E-state index contributed by atoms with van der Waals surface area (Å²) in [6.45, 7) is 7.75. The van der Waals surface area contributed by atoms with Crippen molar-refractivity contribution >= 4 is 49.9 Å². The summed E-state index contributed by atoms with van der Waals surface area (Å²) in [5.41, 5.74) is 1.20. The lowest BCUT2D eigenvalue weighted by molar-refractivity contribution is -0.119. The first kappa shape index (κ1) is 25.6.